The molecule has 0 unspecified atom stereocenters. The Labute approximate surface area is 127 Å². The van der Waals surface area contributed by atoms with Gasteiger partial charge in [0.15, 0.2) is 4.34 Å². The van der Waals surface area contributed by atoms with Crippen LogP contribution >= 0.6 is 46.3 Å². The molecule has 9 heteroatoms. The summed E-state index contributed by atoms with van der Waals surface area (Å²) in [6, 6.07) is 3.05. The normalized spacial score (nSPS) is 10.4. The van der Waals surface area contributed by atoms with Crippen LogP contribution < -0.4 is 11.1 Å². The summed E-state index contributed by atoms with van der Waals surface area (Å²) in [6.07, 6.45) is 0. The second-order valence-electron chi connectivity index (χ2n) is 3.39. The van der Waals surface area contributed by atoms with E-state index in [4.69, 9.17) is 28.9 Å². The molecule has 1 aromatic carbocycles. The van der Waals surface area contributed by atoms with Gasteiger partial charge < -0.3 is 11.1 Å². The van der Waals surface area contributed by atoms with Gasteiger partial charge >= 0.3 is 0 Å². The average Bonchev–Trinajstić information content (AvgIpc) is 2.84. The Bertz CT molecular complexity index is 568. The van der Waals surface area contributed by atoms with Crippen LogP contribution in [0.1, 0.15) is 0 Å². The minimum Gasteiger partial charge on any atom is -0.397 e. The topological polar surface area (TPSA) is 80.9 Å². The highest BCUT2D eigenvalue weighted by atomic mass is 35.5. The molecule has 19 heavy (non-hydrogen) atoms. The minimum atomic E-state index is -0.226. The lowest BCUT2D eigenvalue weighted by Crippen LogP contribution is -2.15. The molecule has 2 rings (SSSR count). The van der Waals surface area contributed by atoms with Crippen molar-refractivity contribution in [2.24, 2.45) is 0 Å². The van der Waals surface area contributed by atoms with Gasteiger partial charge in [0.25, 0.3) is 0 Å². The van der Waals surface area contributed by atoms with Crippen molar-refractivity contribution in [3.63, 3.8) is 0 Å². The van der Waals surface area contributed by atoms with E-state index in [2.05, 4.69) is 15.5 Å². The van der Waals surface area contributed by atoms with Crippen LogP contribution in [0.15, 0.2) is 22.0 Å². The quantitative estimate of drug-likeness (QED) is 0.663. The van der Waals surface area contributed by atoms with Crippen molar-refractivity contribution in [2.45, 2.75) is 4.34 Å². The first-order valence-electron chi connectivity index (χ1n) is 4.99. The van der Waals surface area contributed by atoms with E-state index in [1.807, 2.05) is 0 Å². The summed E-state index contributed by atoms with van der Waals surface area (Å²) >= 11 is 14.4. The first-order chi connectivity index (χ1) is 9.06. The summed E-state index contributed by atoms with van der Waals surface area (Å²) in [7, 11) is 0. The number of thioether (sulfide) groups is 1. The Morgan fingerprint density at radius 3 is 2.89 bits per heavy atom. The predicted octanol–water partition coefficient (Wildman–Crippen LogP) is 3.16. The van der Waals surface area contributed by atoms with E-state index in [1.54, 1.807) is 5.51 Å². The van der Waals surface area contributed by atoms with Crippen molar-refractivity contribution < 1.29 is 4.79 Å². The monoisotopic (exact) mass is 334 g/mol. The summed E-state index contributed by atoms with van der Waals surface area (Å²) in [6.45, 7) is 0. The number of hydrogen-bond donors (Lipinski definition) is 2. The van der Waals surface area contributed by atoms with E-state index in [1.165, 1.54) is 35.2 Å². The molecule has 0 saturated heterocycles. The van der Waals surface area contributed by atoms with Gasteiger partial charge in [0.1, 0.15) is 5.51 Å². The highest BCUT2D eigenvalue weighted by molar-refractivity contribution is 8.01. The van der Waals surface area contributed by atoms with Gasteiger partial charge in [0, 0.05) is 5.02 Å². The summed E-state index contributed by atoms with van der Waals surface area (Å²) in [5.41, 5.74) is 8.05. The lowest BCUT2D eigenvalue weighted by atomic mass is 10.2. The molecule has 0 spiro atoms. The smallest absolute Gasteiger partial charge is 0.234 e. The highest BCUT2D eigenvalue weighted by Gasteiger charge is 2.11. The molecule has 0 saturated carbocycles. The standard InChI is InChI=1S/C10H8Cl2N4OS2/c11-5-1-6(12)9(7(13)2-5)15-8(17)3-18-10-16-14-4-19-10/h1-2,4H,3,13H2,(H,15,17). The molecule has 0 radical (unpaired) electrons. The number of halogens is 2. The predicted molar refractivity (Wildman–Crippen MR) is 80.1 cm³/mol. The van der Waals surface area contributed by atoms with Crippen molar-refractivity contribution in [3.8, 4) is 0 Å². The molecule has 0 bridgehead atoms. The Kier molecular flexibility index (Phi) is 4.87. The number of rotatable bonds is 4. The van der Waals surface area contributed by atoms with Gasteiger partial charge in [-0.25, -0.2) is 0 Å². The zero-order chi connectivity index (χ0) is 13.8. The van der Waals surface area contributed by atoms with E-state index >= 15 is 0 Å². The number of nitrogens with two attached hydrogens (primary N) is 1. The van der Waals surface area contributed by atoms with Crippen LogP contribution in [0.2, 0.25) is 10.0 Å². The van der Waals surface area contributed by atoms with Crippen molar-refractivity contribution in [1.29, 1.82) is 0 Å². The molecule has 0 atom stereocenters. The molecule has 100 valence electrons. The highest BCUT2D eigenvalue weighted by Crippen LogP contribution is 2.32. The fourth-order valence-corrected chi connectivity index (χ4v) is 3.10. The summed E-state index contributed by atoms with van der Waals surface area (Å²) in [5, 5.41) is 10.9. The minimum absolute atomic E-state index is 0.202. The van der Waals surface area contributed by atoms with Crippen LogP contribution in [0.4, 0.5) is 11.4 Å². The van der Waals surface area contributed by atoms with Crippen LogP contribution in [0, 0.1) is 0 Å². The van der Waals surface area contributed by atoms with Gasteiger partial charge in [-0.3, -0.25) is 4.79 Å². The molecular formula is C10H8Cl2N4OS2. The Morgan fingerprint density at radius 1 is 1.47 bits per heavy atom. The second kappa shape index (κ2) is 6.42. The molecular weight excluding hydrogens is 327 g/mol. The number of nitrogen functional groups attached to an aromatic ring is 1. The van der Waals surface area contributed by atoms with Gasteiger partial charge in [0.05, 0.1) is 22.2 Å². The number of aromatic nitrogens is 2. The number of anilines is 2. The maximum atomic E-state index is 11.8. The molecule has 2 aromatic rings. The Balaban J connectivity index is 1.99. The molecule has 0 aliphatic carbocycles. The molecule has 1 aromatic heterocycles. The van der Waals surface area contributed by atoms with Gasteiger partial charge in [-0.15, -0.1) is 10.2 Å². The molecule has 0 aliphatic heterocycles. The lowest BCUT2D eigenvalue weighted by Gasteiger charge is -2.10. The first kappa shape index (κ1) is 14.4. The van der Waals surface area contributed by atoms with E-state index in [0.29, 0.717) is 21.4 Å². The number of nitrogens with zero attached hydrogens (tertiary/aromatic N) is 2. The largest absolute Gasteiger partial charge is 0.397 e. The lowest BCUT2D eigenvalue weighted by molar-refractivity contribution is -0.113. The molecule has 1 heterocycles. The fraction of sp³-hybridized carbons (Fsp3) is 0.100. The third kappa shape index (κ3) is 3.97. The second-order valence-corrected chi connectivity index (χ2v) is 6.29. The van der Waals surface area contributed by atoms with Crippen molar-refractivity contribution in [3.05, 3.63) is 27.7 Å². The molecule has 1 amide bonds. The maximum Gasteiger partial charge on any atom is 0.234 e. The van der Waals surface area contributed by atoms with Crippen LogP contribution in [-0.2, 0) is 4.79 Å². The van der Waals surface area contributed by atoms with Crippen molar-refractivity contribution in [2.75, 3.05) is 16.8 Å². The fourth-order valence-electron chi connectivity index (χ4n) is 1.25. The molecule has 0 aliphatic rings. The molecule has 0 fully saturated rings. The third-order valence-corrected chi connectivity index (χ3v) is 4.39. The van der Waals surface area contributed by atoms with Crippen LogP contribution in [0.3, 0.4) is 0 Å². The number of benzene rings is 1. The average molecular weight is 335 g/mol. The van der Waals surface area contributed by atoms with E-state index in [-0.39, 0.29) is 11.7 Å². The van der Waals surface area contributed by atoms with Gasteiger partial charge in [-0.2, -0.15) is 0 Å². The van der Waals surface area contributed by atoms with Gasteiger partial charge in [-0.05, 0) is 12.1 Å². The van der Waals surface area contributed by atoms with Crippen LogP contribution in [0.25, 0.3) is 0 Å². The zero-order valence-corrected chi connectivity index (χ0v) is 12.5. The summed E-state index contributed by atoms with van der Waals surface area (Å²) in [4.78, 5) is 11.8. The third-order valence-electron chi connectivity index (χ3n) is 2.02. The zero-order valence-electron chi connectivity index (χ0n) is 9.39. The van der Waals surface area contributed by atoms with Gasteiger partial charge in [-0.1, -0.05) is 46.3 Å². The SMILES string of the molecule is Nc1cc(Cl)cc(Cl)c1NC(=O)CSc1nncs1. The molecule has 5 nitrogen and oxygen atoms in total. The number of carbonyl (C=O) groups excluding carboxylic acids is 1. The van der Waals surface area contributed by atoms with Crippen LogP contribution in [0.5, 0.6) is 0 Å². The van der Waals surface area contributed by atoms with E-state index in [0.717, 1.165) is 4.34 Å². The first-order valence-corrected chi connectivity index (χ1v) is 7.61. The summed E-state index contributed by atoms with van der Waals surface area (Å²) in [5.74, 6) is -0.0238. The van der Waals surface area contributed by atoms with Crippen LogP contribution in [-0.4, -0.2) is 21.9 Å². The van der Waals surface area contributed by atoms with E-state index in [9.17, 15) is 4.79 Å². The number of carbonyl (C=O) groups is 1. The Hall–Kier alpha value is -1.02. The number of amides is 1. The number of hydrogen-bond acceptors (Lipinski definition) is 6. The number of nitrogens with one attached hydrogen (secondary N) is 1. The Morgan fingerprint density at radius 2 is 2.26 bits per heavy atom. The molecule has 3 N–H and O–H groups in total. The van der Waals surface area contributed by atoms with Crippen molar-refractivity contribution >= 4 is 63.6 Å². The van der Waals surface area contributed by atoms with Gasteiger partial charge in [0.2, 0.25) is 5.91 Å². The van der Waals surface area contributed by atoms with E-state index < -0.39 is 0 Å². The summed E-state index contributed by atoms with van der Waals surface area (Å²) < 4.78 is 0.727. The van der Waals surface area contributed by atoms with Crippen molar-refractivity contribution in [1.82, 2.24) is 10.2 Å². The maximum absolute atomic E-state index is 11.8.